The molecule has 0 fully saturated rings. The summed E-state index contributed by atoms with van der Waals surface area (Å²) in [5, 5.41) is 5.46. The maximum Gasteiger partial charge on any atom is 0.161 e. The summed E-state index contributed by atoms with van der Waals surface area (Å²) in [5.41, 5.74) is 2.32. The third-order valence-corrected chi connectivity index (χ3v) is 4.41. The van der Waals surface area contributed by atoms with Crippen LogP contribution in [0.4, 0.5) is 0 Å². The maximum atomic E-state index is 5.86. The molecule has 140 valence electrons. The van der Waals surface area contributed by atoms with Crippen LogP contribution >= 0.6 is 36.2 Å². The SMILES string of the molecule is COc1cc(CNCc2cccnc2)ccc1OCc1cccs1.Cl.Cl. The van der Waals surface area contributed by atoms with Gasteiger partial charge in [-0.3, -0.25) is 4.98 Å². The quantitative estimate of drug-likeness (QED) is 0.573. The molecule has 0 aliphatic carbocycles. The van der Waals surface area contributed by atoms with Gasteiger partial charge in [0.15, 0.2) is 11.5 Å². The van der Waals surface area contributed by atoms with Crippen LogP contribution in [0.3, 0.4) is 0 Å². The van der Waals surface area contributed by atoms with Crippen molar-refractivity contribution in [1.82, 2.24) is 10.3 Å². The lowest BCUT2D eigenvalue weighted by Gasteiger charge is -2.12. The molecule has 3 aromatic rings. The van der Waals surface area contributed by atoms with Crippen molar-refractivity contribution in [3.8, 4) is 11.5 Å². The third kappa shape index (κ3) is 6.50. The molecule has 0 saturated carbocycles. The zero-order valence-electron chi connectivity index (χ0n) is 14.4. The molecule has 0 amide bonds. The number of benzene rings is 1. The number of rotatable bonds is 8. The van der Waals surface area contributed by atoms with E-state index in [0.29, 0.717) is 6.61 Å². The minimum absolute atomic E-state index is 0. The van der Waals surface area contributed by atoms with Gasteiger partial charge in [-0.15, -0.1) is 36.2 Å². The normalized spacial score (nSPS) is 9.73. The molecule has 0 saturated heterocycles. The van der Waals surface area contributed by atoms with Gasteiger partial charge in [0.25, 0.3) is 0 Å². The highest BCUT2D eigenvalue weighted by Crippen LogP contribution is 2.29. The highest BCUT2D eigenvalue weighted by Gasteiger charge is 2.06. The highest BCUT2D eigenvalue weighted by molar-refractivity contribution is 7.09. The molecule has 0 aliphatic rings. The molecule has 2 heterocycles. The first-order valence-corrected chi connectivity index (χ1v) is 8.65. The summed E-state index contributed by atoms with van der Waals surface area (Å²) in [4.78, 5) is 5.31. The van der Waals surface area contributed by atoms with Gasteiger partial charge >= 0.3 is 0 Å². The molecule has 0 unspecified atom stereocenters. The van der Waals surface area contributed by atoms with Crippen LogP contribution in [-0.2, 0) is 19.7 Å². The van der Waals surface area contributed by atoms with Crippen molar-refractivity contribution < 1.29 is 9.47 Å². The standard InChI is InChI=1S/C19H20N2O2S.2ClH/c1-22-19-10-15(11-21-13-16-4-2-8-20-12-16)6-7-18(19)23-14-17-5-3-9-24-17;;/h2-10,12,21H,11,13-14H2,1H3;2*1H. The van der Waals surface area contributed by atoms with Gasteiger partial charge in [-0.05, 0) is 40.8 Å². The monoisotopic (exact) mass is 412 g/mol. The smallest absolute Gasteiger partial charge is 0.161 e. The van der Waals surface area contributed by atoms with Crippen LogP contribution in [0.5, 0.6) is 11.5 Å². The Bertz CT molecular complexity index is 755. The molecule has 7 heteroatoms. The summed E-state index contributed by atoms with van der Waals surface area (Å²) >= 11 is 1.69. The van der Waals surface area contributed by atoms with E-state index in [-0.39, 0.29) is 24.8 Å². The molecule has 0 aliphatic heterocycles. The minimum atomic E-state index is 0. The first kappa shape index (κ1) is 22.3. The first-order chi connectivity index (χ1) is 11.8. The van der Waals surface area contributed by atoms with Crippen molar-refractivity contribution in [2.75, 3.05) is 7.11 Å². The molecular formula is C19H22Cl2N2O2S. The molecule has 0 atom stereocenters. The number of hydrogen-bond acceptors (Lipinski definition) is 5. The Labute approximate surface area is 170 Å². The molecule has 1 aromatic carbocycles. The van der Waals surface area contributed by atoms with Crippen molar-refractivity contribution >= 4 is 36.2 Å². The lowest BCUT2D eigenvalue weighted by Crippen LogP contribution is -2.12. The number of aromatic nitrogens is 1. The second-order valence-electron chi connectivity index (χ2n) is 5.32. The van der Waals surface area contributed by atoms with E-state index in [1.807, 2.05) is 35.8 Å². The Hall–Kier alpha value is -1.79. The second kappa shape index (κ2) is 11.8. The Morgan fingerprint density at radius 1 is 1.00 bits per heavy atom. The molecule has 2 aromatic heterocycles. The molecule has 0 bridgehead atoms. The number of ether oxygens (including phenoxy) is 2. The van der Waals surface area contributed by atoms with Crippen LogP contribution in [0.15, 0.2) is 60.2 Å². The maximum absolute atomic E-state index is 5.86. The van der Waals surface area contributed by atoms with E-state index < -0.39 is 0 Å². The Morgan fingerprint density at radius 3 is 2.54 bits per heavy atom. The first-order valence-electron chi connectivity index (χ1n) is 7.77. The van der Waals surface area contributed by atoms with E-state index in [2.05, 4.69) is 28.5 Å². The average molecular weight is 413 g/mol. The Kier molecular flexibility index (Phi) is 10.1. The van der Waals surface area contributed by atoms with Crippen LogP contribution in [0.2, 0.25) is 0 Å². The lowest BCUT2D eigenvalue weighted by atomic mass is 10.2. The number of halogens is 2. The Morgan fingerprint density at radius 2 is 1.85 bits per heavy atom. The minimum Gasteiger partial charge on any atom is -0.493 e. The Balaban J connectivity index is 0.00000169. The predicted octanol–water partition coefficient (Wildman–Crippen LogP) is 4.86. The van der Waals surface area contributed by atoms with Gasteiger partial charge < -0.3 is 14.8 Å². The van der Waals surface area contributed by atoms with E-state index in [0.717, 1.165) is 30.2 Å². The van der Waals surface area contributed by atoms with Crippen LogP contribution in [0.25, 0.3) is 0 Å². The largest absolute Gasteiger partial charge is 0.493 e. The van der Waals surface area contributed by atoms with Gasteiger partial charge in [0.2, 0.25) is 0 Å². The van der Waals surface area contributed by atoms with E-state index in [1.165, 1.54) is 10.4 Å². The van der Waals surface area contributed by atoms with Crippen LogP contribution in [0.1, 0.15) is 16.0 Å². The molecule has 1 N–H and O–H groups in total. The van der Waals surface area contributed by atoms with Crippen LogP contribution in [0, 0.1) is 0 Å². The van der Waals surface area contributed by atoms with Gasteiger partial charge in [-0.1, -0.05) is 18.2 Å². The van der Waals surface area contributed by atoms with Crippen molar-refractivity contribution in [1.29, 1.82) is 0 Å². The zero-order valence-corrected chi connectivity index (χ0v) is 16.8. The third-order valence-electron chi connectivity index (χ3n) is 3.56. The van der Waals surface area contributed by atoms with Crippen molar-refractivity contribution in [3.05, 3.63) is 76.2 Å². The second-order valence-corrected chi connectivity index (χ2v) is 6.35. The molecular weight excluding hydrogens is 391 g/mol. The summed E-state index contributed by atoms with van der Waals surface area (Å²) in [5.74, 6) is 1.52. The van der Waals surface area contributed by atoms with Crippen LogP contribution in [-0.4, -0.2) is 12.1 Å². The van der Waals surface area contributed by atoms with E-state index in [4.69, 9.17) is 9.47 Å². The van der Waals surface area contributed by atoms with E-state index >= 15 is 0 Å². The molecule has 26 heavy (non-hydrogen) atoms. The van der Waals surface area contributed by atoms with Gasteiger partial charge in [0.05, 0.1) is 7.11 Å². The summed E-state index contributed by atoms with van der Waals surface area (Å²) < 4.78 is 11.3. The molecule has 0 radical (unpaired) electrons. The summed E-state index contributed by atoms with van der Waals surface area (Å²) in [6.07, 6.45) is 3.65. The van der Waals surface area contributed by atoms with Crippen molar-refractivity contribution in [2.24, 2.45) is 0 Å². The molecule has 4 nitrogen and oxygen atoms in total. The molecule has 0 spiro atoms. The topological polar surface area (TPSA) is 43.4 Å². The number of hydrogen-bond donors (Lipinski definition) is 1. The summed E-state index contributed by atoms with van der Waals surface area (Å²) in [6.45, 7) is 2.11. The summed E-state index contributed by atoms with van der Waals surface area (Å²) in [6, 6.07) is 14.1. The molecule has 3 rings (SSSR count). The number of nitrogens with one attached hydrogen (secondary N) is 1. The zero-order chi connectivity index (χ0) is 16.6. The fourth-order valence-corrected chi connectivity index (χ4v) is 2.95. The van der Waals surface area contributed by atoms with E-state index in [1.54, 1.807) is 24.6 Å². The average Bonchev–Trinajstić information content (AvgIpc) is 3.15. The van der Waals surface area contributed by atoms with Gasteiger partial charge in [-0.2, -0.15) is 0 Å². The van der Waals surface area contributed by atoms with Crippen LogP contribution < -0.4 is 14.8 Å². The number of nitrogens with zero attached hydrogens (tertiary/aromatic N) is 1. The number of methoxy groups -OCH3 is 1. The fourth-order valence-electron chi connectivity index (χ4n) is 2.34. The lowest BCUT2D eigenvalue weighted by molar-refractivity contribution is 0.287. The van der Waals surface area contributed by atoms with E-state index in [9.17, 15) is 0 Å². The van der Waals surface area contributed by atoms with Gasteiger partial charge in [0.1, 0.15) is 6.61 Å². The van der Waals surface area contributed by atoms with Crippen molar-refractivity contribution in [2.45, 2.75) is 19.7 Å². The number of pyridine rings is 1. The fraction of sp³-hybridized carbons (Fsp3) is 0.211. The predicted molar refractivity (Wildman–Crippen MR) is 111 cm³/mol. The van der Waals surface area contributed by atoms with Gasteiger partial charge in [0, 0.05) is 30.4 Å². The highest BCUT2D eigenvalue weighted by atomic mass is 35.5. The van der Waals surface area contributed by atoms with Gasteiger partial charge in [-0.25, -0.2) is 0 Å². The van der Waals surface area contributed by atoms with Crippen molar-refractivity contribution in [3.63, 3.8) is 0 Å². The summed E-state index contributed by atoms with van der Waals surface area (Å²) in [7, 11) is 1.67. The number of thiophene rings is 1.